The highest BCUT2D eigenvalue weighted by Crippen LogP contribution is 2.29. The van der Waals surface area contributed by atoms with Crippen LogP contribution >= 0.6 is 0 Å². The van der Waals surface area contributed by atoms with E-state index in [0.717, 1.165) is 5.56 Å². The second-order valence-electron chi connectivity index (χ2n) is 6.92. The van der Waals surface area contributed by atoms with Gasteiger partial charge in [0, 0.05) is 14.1 Å². The van der Waals surface area contributed by atoms with Gasteiger partial charge in [0.2, 0.25) is 5.91 Å². The van der Waals surface area contributed by atoms with Crippen molar-refractivity contribution in [1.29, 1.82) is 0 Å². The second kappa shape index (κ2) is 5.96. The quantitative estimate of drug-likeness (QED) is 0.847. The predicted octanol–water partition coefficient (Wildman–Crippen LogP) is 2.98. The molecule has 0 spiro atoms. The van der Waals surface area contributed by atoms with Gasteiger partial charge in [0.1, 0.15) is 6.04 Å². The maximum Gasteiger partial charge on any atom is 0.244 e. The van der Waals surface area contributed by atoms with Crippen molar-refractivity contribution in [3.05, 3.63) is 34.9 Å². The first-order chi connectivity index (χ1) is 9.05. The van der Waals surface area contributed by atoms with Gasteiger partial charge in [0.15, 0.2) is 0 Å². The van der Waals surface area contributed by atoms with Crippen LogP contribution < -0.4 is 0 Å². The lowest BCUT2D eigenvalue weighted by Gasteiger charge is -2.29. The number of hydrogen-bond acceptors (Lipinski definition) is 2. The Kier molecular flexibility index (Phi) is 4.98. The van der Waals surface area contributed by atoms with Crippen LogP contribution in [0.5, 0.6) is 0 Å². The Labute approximate surface area is 123 Å². The molecular formula is C17H28N2O. The Morgan fingerprint density at radius 3 is 2.00 bits per heavy atom. The van der Waals surface area contributed by atoms with Gasteiger partial charge >= 0.3 is 0 Å². The molecule has 1 rings (SSSR count). The number of likely N-dealkylation sites (N-methyl/N-ethyl adjacent to an activating group) is 2. The number of carbonyl (C=O) groups excluding carboxylic acids is 1. The van der Waals surface area contributed by atoms with E-state index in [1.807, 2.05) is 19.0 Å². The number of hydrogen-bond donors (Lipinski definition) is 0. The highest BCUT2D eigenvalue weighted by molar-refractivity contribution is 5.83. The molecule has 3 heteroatoms. The minimum atomic E-state index is -0.223. The monoisotopic (exact) mass is 276 g/mol. The van der Waals surface area contributed by atoms with Gasteiger partial charge in [-0.25, -0.2) is 0 Å². The van der Waals surface area contributed by atoms with Crippen LogP contribution in [0.3, 0.4) is 0 Å². The molecule has 0 radical (unpaired) electrons. The zero-order chi connectivity index (χ0) is 15.7. The maximum atomic E-state index is 12.4. The average Bonchev–Trinajstić information content (AvgIpc) is 2.29. The number of carbonyl (C=O) groups is 1. The van der Waals surface area contributed by atoms with E-state index < -0.39 is 0 Å². The van der Waals surface area contributed by atoms with Crippen LogP contribution in [0.4, 0.5) is 0 Å². The van der Waals surface area contributed by atoms with Crippen molar-refractivity contribution in [3.63, 3.8) is 0 Å². The molecule has 1 unspecified atom stereocenters. The van der Waals surface area contributed by atoms with E-state index in [1.54, 1.807) is 19.0 Å². The van der Waals surface area contributed by atoms with E-state index in [1.165, 1.54) is 11.1 Å². The van der Waals surface area contributed by atoms with Gasteiger partial charge in [0.25, 0.3) is 0 Å². The van der Waals surface area contributed by atoms with Crippen LogP contribution in [0, 0.1) is 6.92 Å². The van der Waals surface area contributed by atoms with Gasteiger partial charge in [-0.1, -0.05) is 39.0 Å². The molecule has 112 valence electrons. The van der Waals surface area contributed by atoms with E-state index >= 15 is 0 Å². The Hall–Kier alpha value is -1.35. The average molecular weight is 276 g/mol. The molecule has 1 amide bonds. The fraction of sp³-hybridized carbons (Fsp3) is 0.588. The van der Waals surface area contributed by atoms with Crippen molar-refractivity contribution >= 4 is 5.91 Å². The van der Waals surface area contributed by atoms with Crippen molar-refractivity contribution in [2.45, 2.75) is 39.2 Å². The summed E-state index contributed by atoms with van der Waals surface area (Å²) in [5, 5.41) is 0. The third kappa shape index (κ3) is 3.60. The van der Waals surface area contributed by atoms with Crippen LogP contribution in [-0.4, -0.2) is 43.9 Å². The number of rotatable bonds is 3. The first kappa shape index (κ1) is 16.7. The van der Waals surface area contributed by atoms with Crippen molar-refractivity contribution < 1.29 is 4.79 Å². The molecule has 0 aliphatic rings. The van der Waals surface area contributed by atoms with Crippen molar-refractivity contribution in [3.8, 4) is 0 Å². The van der Waals surface area contributed by atoms with Crippen LogP contribution in [0.2, 0.25) is 0 Å². The number of nitrogens with zero attached hydrogens (tertiary/aromatic N) is 2. The molecule has 20 heavy (non-hydrogen) atoms. The van der Waals surface area contributed by atoms with E-state index in [2.05, 4.69) is 45.9 Å². The van der Waals surface area contributed by atoms with Crippen LogP contribution in [0.15, 0.2) is 18.2 Å². The first-order valence-corrected chi connectivity index (χ1v) is 7.04. The highest BCUT2D eigenvalue weighted by atomic mass is 16.2. The van der Waals surface area contributed by atoms with Gasteiger partial charge in [-0.15, -0.1) is 0 Å². The summed E-state index contributed by atoms with van der Waals surface area (Å²) in [6.07, 6.45) is 0. The Morgan fingerprint density at radius 2 is 1.65 bits per heavy atom. The second-order valence-corrected chi connectivity index (χ2v) is 6.92. The normalized spacial score (nSPS) is 13.4. The van der Waals surface area contributed by atoms with Gasteiger partial charge < -0.3 is 4.90 Å². The number of benzene rings is 1. The lowest BCUT2D eigenvalue weighted by molar-refractivity contribution is -0.133. The molecule has 0 saturated heterocycles. The Balaban J connectivity index is 3.27. The molecule has 0 bridgehead atoms. The number of amides is 1. The minimum absolute atomic E-state index is 0.113. The third-order valence-electron chi connectivity index (χ3n) is 3.62. The van der Waals surface area contributed by atoms with Gasteiger partial charge in [-0.05, 0) is 43.1 Å². The molecular weight excluding hydrogens is 248 g/mol. The summed E-state index contributed by atoms with van der Waals surface area (Å²) >= 11 is 0. The number of aryl methyl sites for hydroxylation is 1. The molecule has 0 aromatic heterocycles. The van der Waals surface area contributed by atoms with Crippen LogP contribution in [0.1, 0.15) is 43.5 Å². The van der Waals surface area contributed by atoms with E-state index in [9.17, 15) is 4.79 Å². The van der Waals surface area contributed by atoms with Gasteiger partial charge in [-0.2, -0.15) is 0 Å². The van der Waals surface area contributed by atoms with Crippen molar-refractivity contribution in [1.82, 2.24) is 9.80 Å². The summed E-state index contributed by atoms with van der Waals surface area (Å²) in [5.74, 6) is 0.113. The SMILES string of the molecule is Cc1cc(C(C)(C)C)ccc1C(C(=O)N(C)C)N(C)C. The Bertz CT molecular complexity index is 484. The largest absolute Gasteiger partial charge is 0.347 e. The zero-order valence-electron chi connectivity index (χ0n) is 14.1. The predicted molar refractivity (Wildman–Crippen MR) is 85.0 cm³/mol. The summed E-state index contributed by atoms with van der Waals surface area (Å²) in [6, 6.07) is 6.22. The summed E-state index contributed by atoms with van der Waals surface area (Å²) in [5.41, 5.74) is 3.68. The van der Waals surface area contributed by atoms with E-state index in [4.69, 9.17) is 0 Å². The molecule has 1 aromatic carbocycles. The molecule has 0 heterocycles. The lowest BCUT2D eigenvalue weighted by Crippen LogP contribution is -2.36. The summed E-state index contributed by atoms with van der Waals surface area (Å²) in [4.78, 5) is 16.0. The zero-order valence-corrected chi connectivity index (χ0v) is 14.1. The molecule has 1 aromatic rings. The molecule has 1 atom stereocenters. The maximum absolute atomic E-state index is 12.4. The smallest absolute Gasteiger partial charge is 0.244 e. The van der Waals surface area contributed by atoms with E-state index in [0.29, 0.717) is 0 Å². The van der Waals surface area contributed by atoms with Crippen LogP contribution in [0.25, 0.3) is 0 Å². The minimum Gasteiger partial charge on any atom is -0.347 e. The standard InChI is InChI=1S/C17H28N2O/c1-12-11-13(17(2,3)4)9-10-14(12)15(18(5)6)16(20)19(7)8/h9-11,15H,1-8H3. The highest BCUT2D eigenvalue weighted by Gasteiger charge is 2.26. The fourth-order valence-electron chi connectivity index (χ4n) is 2.33. The van der Waals surface area contributed by atoms with Gasteiger partial charge in [-0.3, -0.25) is 9.69 Å². The molecule has 3 nitrogen and oxygen atoms in total. The summed E-state index contributed by atoms with van der Waals surface area (Å²) in [6.45, 7) is 8.70. The third-order valence-corrected chi connectivity index (χ3v) is 3.62. The molecule has 0 fully saturated rings. The van der Waals surface area contributed by atoms with Crippen molar-refractivity contribution in [2.75, 3.05) is 28.2 Å². The first-order valence-electron chi connectivity index (χ1n) is 7.04. The molecule has 0 saturated carbocycles. The fourth-order valence-corrected chi connectivity index (χ4v) is 2.33. The summed E-state index contributed by atoms with van der Waals surface area (Å²) in [7, 11) is 7.50. The summed E-state index contributed by atoms with van der Waals surface area (Å²) < 4.78 is 0. The molecule has 0 aliphatic heterocycles. The van der Waals surface area contributed by atoms with Crippen molar-refractivity contribution in [2.24, 2.45) is 0 Å². The Morgan fingerprint density at radius 1 is 1.10 bits per heavy atom. The van der Waals surface area contributed by atoms with Crippen LogP contribution in [-0.2, 0) is 10.2 Å². The van der Waals surface area contributed by atoms with Gasteiger partial charge in [0.05, 0.1) is 0 Å². The molecule has 0 aliphatic carbocycles. The molecule has 0 N–H and O–H groups in total. The lowest BCUT2D eigenvalue weighted by atomic mass is 9.84. The topological polar surface area (TPSA) is 23.6 Å². The van der Waals surface area contributed by atoms with E-state index in [-0.39, 0.29) is 17.4 Å².